The first-order valence-corrected chi connectivity index (χ1v) is 7.87. The van der Waals surface area contributed by atoms with Crippen molar-refractivity contribution in [3.8, 4) is 0 Å². The molecule has 1 aliphatic rings. The molecule has 0 aromatic heterocycles. The van der Waals surface area contributed by atoms with Crippen molar-refractivity contribution in [1.82, 2.24) is 4.90 Å². The lowest BCUT2D eigenvalue weighted by Crippen LogP contribution is -2.35. The topological polar surface area (TPSA) is 29.3 Å². The molecular weight excluding hydrogens is 251 g/mol. The van der Waals surface area contributed by atoms with Crippen molar-refractivity contribution in [2.45, 2.75) is 58.0 Å². The van der Waals surface area contributed by atoms with E-state index >= 15 is 0 Å². The molecule has 1 aromatic carbocycles. The number of hydrogen-bond acceptors (Lipinski definition) is 2. The van der Waals surface area contributed by atoms with E-state index in [4.69, 9.17) is 5.73 Å². The summed E-state index contributed by atoms with van der Waals surface area (Å²) in [6.45, 7) is 6.09. The van der Waals surface area contributed by atoms with Crippen LogP contribution < -0.4 is 5.73 Å². The zero-order chi connectivity index (χ0) is 14.5. The Balaban J connectivity index is 1.89. The third-order valence-electron chi connectivity index (χ3n) is 4.60. The van der Waals surface area contributed by atoms with Gasteiger partial charge in [-0.3, -0.25) is 0 Å². The van der Waals surface area contributed by atoms with Gasteiger partial charge in [0.25, 0.3) is 0 Å². The number of nitrogens with two attached hydrogens (primary N) is 1. The van der Waals surface area contributed by atoms with Gasteiger partial charge in [0.1, 0.15) is 5.82 Å². The fourth-order valence-electron chi connectivity index (χ4n) is 3.18. The van der Waals surface area contributed by atoms with Crippen molar-refractivity contribution in [3.63, 3.8) is 0 Å². The zero-order valence-electron chi connectivity index (χ0n) is 12.7. The van der Waals surface area contributed by atoms with Crippen LogP contribution >= 0.6 is 0 Å². The predicted octanol–water partition coefficient (Wildman–Crippen LogP) is 3.79. The lowest BCUT2D eigenvalue weighted by atomic mass is 10.0. The smallest absolute Gasteiger partial charge is 0.126 e. The maximum atomic E-state index is 13.6. The fourth-order valence-corrected chi connectivity index (χ4v) is 3.18. The highest BCUT2D eigenvalue weighted by atomic mass is 19.1. The van der Waals surface area contributed by atoms with E-state index < -0.39 is 0 Å². The van der Waals surface area contributed by atoms with Crippen molar-refractivity contribution in [1.29, 1.82) is 0 Å². The van der Waals surface area contributed by atoms with Crippen LogP contribution in [0.3, 0.4) is 0 Å². The van der Waals surface area contributed by atoms with Crippen molar-refractivity contribution >= 4 is 0 Å². The summed E-state index contributed by atoms with van der Waals surface area (Å²) >= 11 is 0. The zero-order valence-corrected chi connectivity index (χ0v) is 12.7. The molecule has 2 nitrogen and oxygen atoms in total. The van der Waals surface area contributed by atoms with E-state index in [1.807, 2.05) is 12.1 Å². The summed E-state index contributed by atoms with van der Waals surface area (Å²) < 4.78 is 13.6. The standard InChI is InChI=1S/C17H27FN2/c1-3-20(15-6-4-5-7-15)11-10-17(19)14-9-8-13(2)16(18)12-14/h8-9,12,15,17H,3-7,10-11,19H2,1-2H3. The minimum Gasteiger partial charge on any atom is -0.324 e. The molecule has 0 aliphatic heterocycles. The molecule has 2 N–H and O–H groups in total. The molecule has 0 radical (unpaired) electrons. The molecule has 3 heteroatoms. The molecule has 1 atom stereocenters. The van der Waals surface area contributed by atoms with Gasteiger partial charge in [-0.05, 0) is 49.9 Å². The lowest BCUT2D eigenvalue weighted by Gasteiger charge is -2.28. The fraction of sp³-hybridized carbons (Fsp3) is 0.647. The van der Waals surface area contributed by atoms with Gasteiger partial charge >= 0.3 is 0 Å². The first kappa shape index (κ1) is 15.5. The number of hydrogen-bond donors (Lipinski definition) is 1. The van der Waals surface area contributed by atoms with Gasteiger partial charge in [0.05, 0.1) is 0 Å². The van der Waals surface area contributed by atoms with Gasteiger partial charge in [-0.2, -0.15) is 0 Å². The molecule has 112 valence electrons. The predicted molar refractivity (Wildman–Crippen MR) is 82.2 cm³/mol. The Morgan fingerprint density at radius 1 is 1.35 bits per heavy atom. The molecule has 1 aliphatic carbocycles. The van der Waals surface area contributed by atoms with Gasteiger partial charge in [-0.15, -0.1) is 0 Å². The van der Waals surface area contributed by atoms with Gasteiger partial charge in [-0.25, -0.2) is 4.39 Å². The first-order valence-electron chi connectivity index (χ1n) is 7.87. The summed E-state index contributed by atoms with van der Waals surface area (Å²) in [6.07, 6.45) is 6.25. The Hall–Kier alpha value is -0.930. The van der Waals surface area contributed by atoms with Crippen LogP contribution in [0.4, 0.5) is 4.39 Å². The molecule has 2 rings (SSSR count). The third kappa shape index (κ3) is 3.80. The van der Waals surface area contributed by atoms with Crippen LogP contribution in [0.5, 0.6) is 0 Å². The van der Waals surface area contributed by atoms with E-state index in [1.165, 1.54) is 25.7 Å². The van der Waals surface area contributed by atoms with Gasteiger partial charge in [0.15, 0.2) is 0 Å². The highest BCUT2D eigenvalue weighted by Gasteiger charge is 2.21. The maximum Gasteiger partial charge on any atom is 0.126 e. The summed E-state index contributed by atoms with van der Waals surface area (Å²) in [4.78, 5) is 2.54. The lowest BCUT2D eigenvalue weighted by molar-refractivity contribution is 0.201. The van der Waals surface area contributed by atoms with Crippen LogP contribution in [0.25, 0.3) is 0 Å². The van der Waals surface area contributed by atoms with E-state index in [9.17, 15) is 4.39 Å². The van der Waals surface area contributed by atoms with E-state index in [0.717, 1.165) is 31.1 Å². The average molecular weight is 278 g/mol. The molecule has 0 bridgehead atoms. The Bertz CT molecular complexity index is 427. The number of nitrogens with zero attached hydrogens (tertiary/aromatic N) is 1. The van der Waals surface area contributed by atoms with E-state index in [2.05, 4.69) is 11.8 Å². The molecule has 1 saturated carbocycles. The van der Waals surface area contributed by atoms with Crippen molar-refractivity contribution < 1.29 is 4.39 Å². The van der Waals surface area contributed by atoms with Crippen molar-refractivity contribution in [3.05, 3.63) is 35.1 Å². The molecule has 20 heavy (non-hydrogen) atoms. The monoisotopic (exact) mass is 278 g/mol. The Kier molecular flexibility index (Phi) is 5.55. The first-order chi connectivity index (χ1) is 9.61. The van der Waals surface area contributed by atoms with Gasteiger partial charge in [0.2, 0.25) is 0 Å². The van der Waals surface area contributed by atoms with E-state index in [0.29, 0.717) is 5.56 Å². The minimum absolute atomic E-state index is 0.0689. The summed E-state index contributed by atoms with van der Waals surface area (Å²) in [5, 5.41) is 0. The molecule has 0 heterocycles. The molecule has 0 saturated heterocycles. The SMILES string of the molecule is CCN(CCC(N)c1ccc(C)c(F)c1)C1CCCC1. The largest absolute Gasteiger partial charge is 0.324 e. The number of rotatable bonds is 6. The second-order valence-electron chi connectivity index (χ2n) is 5.97. The highest BCUT2D eigenvalue weighted by molar-refractivity contribution is 5.25. The highest BCUT2D eigenvalue weighted by Crippen LogP contribution is 2.25. The minimum atomic E-state index is -0.152. The van der Waals surface area contributed by atoms with Crippen molar-refractivity contribution in [2.24, 2.45) is 5.73 Å². The van der Waals surface area contributed by atoms with E-state index in [-0.39, 0.29) is 11.9 Å². The Morgan fingerprint density at radius 2 is 2.05 bits per heavy atom. The Morgan fingerprint density at radius 3 is 2.65 bits per heavy atom. The normalized spacial score (nSPS) is 17.9. The quantitative estimate of drug-likeness (QED) is 0.858. The molecule has 1 aromatic rings. The summed E-state index contributed by atoms with van der Waals surface area (Å²) in [7, 11) is 0. The van der Waals surface area contributed by atoms with Crippen LogP contribution in [-0.4, -0.2) is 24.0 Å². The Labute approximate surface area is 122 Å². The molecule has 1 fully saturated rings. The van der Waals surface area contributed by atoms with Gasteiger partial charge < -0.3 is 10.6 Å². The maximum absolute atomic E-state index is 13.6. The van der Waals surface area contributed by atoms with Crippen LogP contribution in [0.1, 0.15) is 56.2 Å². The van der Waals surface area contributed by atoms with Crippen molar-refractivity contribution in [2.75, 3.05) is 13.1 Å². The molecule has 1 unspecified atom stereocenters. The molecular formula is C17H27FN2. The summed E-state index contributed by atoms with van der Waals surface area (Å²) in [6, 6.07) is 6.03. The van der Waals surface area contributed by atoms with Gasteiger partial charge in [0, 0.05) is 18.6 Å². The third-order valence-corrected chi connectivity index (χ3v) is 4.60. The number of benzene rings is 1. The van der Waals surface area contributed by atoms with Crippen LogP contribution in [-0.2, 0) is 0 Å². The second kappa shape index (κ2) is 7.19. The summed E-state index contributed by atoms with van der Waals surface area (Å²) in [5.41, 5.74) is 7.82. The molecule has 0 amide bonds. The van der Waals surface area contributed by atoms with Crippen LogP contribution in [0.15, 0.2) is 18.2 Å². The molecule has 0 spiro atoms. The van der Waals surface area contributed by atoms with Gasteiger partial charge in [-0.1, -0.05) is 31.9 Å². The summed E-state index contributed by atoms with van der Waals surface area (Å²) in [5.74, 6) is -0.152. The number of halogens is 1. The number of aryl methyl sites for hydroxylation is 1. The van der Waals surface area contributed by atoms with Crippen LogP contribution in [0.2, 0.25) is 0 Å². The second-order valence-corrected chi connectivity index (χ2v) is 5.97. The van der Waals surface area contributed by atoms with Crippen LogP contribution in [0, 0.1) is 12.7 Å². The average Bonchev–Trinajstić information content (AvgIpc) is 2.96. The van der Waals surface area contributed by atoms with E-state index in [1.54, 1.807) is 13.0 Å².